The van der Waals surface area contributed by atoms with Crippen LogP contribution in [0, 0.1) is 6.92 Å². The van der Waals surface area contributed by atoms with Gasteiger partial charge in [-0.3, -0.25) is 9.59 Å². The highest BCUT2D eigenvalue weighted by Crippen LogP contribution is 2.31. The van der Waals surface area contributed by atoms with Crippen molar-refractivity contribution in [3.8, 4) is 0 Å². The van der Waals surface area contributed by atoms with Gasteiger partial charge in [0.05, 0.1) is 16.8 Å². The molecule has 1 aliphatic rings. The number of hydrogen-bond donors (Lipinski definition) is 1. The number of rotatable bonds is 1. The van der Waals surface area contributed by atoms with Crippen molar-refractivity contribution in [3.05, 3.63) is 53.2 Å². The van der Waals surface area contributed by atoms with Gasteiger partial charge in [-0.05, 0) is 30.7 Å². The third kappa shape index (κ3) is 1.52. The Labute approximate surface area is 109 Å². The first-order valence-corrected chi connectivity index (χ1v) is 5.80. The average molecular weight is 253 g/mol. The Bertz CT molecular complexity index is 675. The molecule has 0 aliphatic carbocycles. The lowest BCUT2D eigenvalue weighted by Gasteiger charge is -2.15. The topological polar surface area (TPSA) is 76.3 Å². The van der Waals surface area contributed by atoms with E-state index in [-0.39, 0.29) is 17.6 Å². The molecule has 0 saturated heterocycles. The Morgan fingerprint density at radius 3 is 2.21 bits per heavy atom. The van der Waals surface area contributed by atoms with Crippen molar-refractivity contribution >= 4 is 23.3 Å². The van der Waals surface area contributed by atoms with E-state index >= 15 is 0 Å². The normalized spacial score (nSPS) is 13.8. The maximum absolute atomic E-state index is 12.3. The predicted molar refractivity (Wildman–Crippen MR) is 71.0 cm³/mol. The number of aromatic nitrogens is 1. The molecule has 0 saturated carbocycles. The zero-order valence-electron chi connectivity index (χ0n) is 10.3. The summed E-state index contributed by atoms with van der Waals surface area (Å²) in [6.07, 6.45) is 1.53. The maximum atomic E-state index is 12.3. The van der Waals surface area contributed by atoms with Crippen molar-refractivity contribution in [2.45, 2.75) is 6.92 Å². The molecule has 0 fully saturated rings. The van der Waals surface area contributed by atoms with Crippen molar-refractivity contribution in [1.29, 1.82) is 0 Å². The minimum absolute atomic E-state index is 0.200. The number of nitrogens with two attached hydrogens (primary N) is 1. The number of nitrogens with zero attached hydrogens (tertiary/aromatic N) is 2. The third-order valence-corrected chi connectivity index (χ3v) is 3.19. The molecule has 1 aromatic heterocycles. The summed E-state index contributed by atoms with van der Waals surface area (Å²) in [5.41, 5.74) is 7.81. The van der Waals surface area contributed by atoms with E-state index in [9.17, 15) is 9.59 Å². The molecule has 0 radical (unpaired) electrons. The van der Waals surface area contributed by atoms with Gasteiger partial charge in [0.15, 0.2) is 5.82 Å². The number of aryl methyl sites for hydroxylation is 1. The summed E-state index contributed by atoms with van der Waals surface area (Å²) in [4.78, 5) is 29.7. The van der Waals surface area contributed by atoms with Crippen LogP contribution in [-0.4, -0.2) is 16.8 Å². The molecule has 2 amide bonds. The number of nitrogen functional groups attached to an aromatic ring is 1. The van der Waals surface area contributed by atoms with Crippen LogP contribution in [0.3, 0.4) is 0 Å². The van der Waals surface area contributed by atoms with Crippen LogP contribution in [-0.2, 0) is 0 Å². The number of anilines is 2. The van der Waals surface area contributed by atoms with E-state index < -0.39 is 0 Å². The molecular formula is C14H11N3O2. The van der Waals surface area contributed by atoms with Crippen LogP contribution in [0.4, 0.5) is 11.5 Å². The van der Waals surface area contributed by atoms with Crippen molar-refractivity contribution < 1.29 is 9.59 Å². The summed E-state index contributed by atoms with van der Waals surface area (Å²) in [5.74, 6) is -0.568. The van der Waals surface area contributed by atoms with E-state index in [0.29, 0.717) is 16.8 Å². The number of carbonyl (C=O) groups is 2. The molecule has 5 heteroatoms. The van der Waals surface area contributed by atoms with Gasteiger partial charge in [-0.25, -0.2) is 9.88 Å². The summed E-state index contributed by atoms with van der Waals surface area (Å²) in [7, 11) is 0. The highest BCUT2D eigenvalue weighted by molar-refractivity contribution is 6.34. The summed E-state index contributed by atoms with van der Waals surface area (Å²) >= 11 is 0. The molecule has 2 heterocycles. The van der Waals surface area contributed by atoms with E-state index in [1.807, 2.05) is 0 Å². The van der Waals surface area contributed by atoms with Gasteiger partial charge in [0.1, 0.15) is 0 Å². The van der Waals surface area contributed by atoms with Gasteiger partial charge in [0.2, 0.25) is 0 Å². The molecule has 2 aromatic rings. The Kier molecular flexibility index (Phi) is 2.35. The minimum Gasteiger partial charge on any atom is -0.395 e. The van der Waals surface area contributed by atoms with Gasteiger partial charge in [-0.15, -0.1) is 0 Å². The van der Waals surface area contributed by atoms with Crippen molar-refractivity contribution in [2.75, 3.05) is 10.6 Å². The highest BCUT2D eigenvalue weighted by Gasteiger charge is 2.38. The first-order valence-electron chi connectivity index (χ1n) is 5.80. The Morgan fingerprint density at radius 1 is 1.05 bits per heavy atom. The molecule has 0 atom stereocenters. The molecule has 94 valence electrons. The number of benzene rings is 1. The molecule has 1 aliphatic heterocycles. The van der Waals surface area contributed by atoms with Crippen molar-refractivity contribution in [2.24, 2.45) is 0 Å². The van der Waals surface area contributed by atoms with Gasteiger partial charge in [-0.1, -0.05) is 12.1 Å². The molecule has 19 heavy (non-hydrogen) atoms. The predicted octanol–water partition coefficient (Wildman–Crippen LogP) is 1.77. The van der Waals surface area contributed by atoms with E-state index in [1.54, 1.807) is 37.3 Å². The van der Waals surface area contributed by atoms with Gasteiger partial charge < -0.3 is 5.73 Å². The van der Waals surface area contributed by atoms with Crippen LogP contribution in [0.2, 0.25) is 0 Å². The number of hydrogen-bond acceptors (Lipinski definition) is 4. The van der Waals surface area contributed by atoms with Crippen LogP contribution < -0.4 is 10.6 Å². The molecule has 0 bridgehead atoms. The van der Waals surface area contributed by atoms with E-state index in [0.717, 1.165) is 10.5 Å². The van der Waals surface area contributed by atoms with Gasteiger partial charge in [0, 0.05) is 6.20 Å². The van der Waals surface area contributed by atoms with E-state index in [4.69, 9.17) is 5.73 Å². The number of pyridine rings is 1. The molecule has 0 unspecified atom stereocenters. The largest absolute Gasteiger partial charge is 0.395 e. The summed E-state index contributed by atoms with van der Waals surface area (Å²) < 4.78 is 0. The SMILES string of the molecule is Cc1ccnc(N2C(=O)c3ccccc3C2=O)c1N. The third-order valence-electron chi connectivity index (χ3n) is 3.19. The number of imide groups is 1. The lowest BCUT2D eigenvalue weighted by atomic mass is 10.1. The smallest absolute Gasteiger partial charge is 0.267 e. The summed E-state index contributed by atoms with van der Waals surface area (Å²) in [5, 5.41) is 0. The van der Waals surface area contributed by atoms with Gasteiger partial charge in [-0.2, -0.15) is 0 Å². The molecule has 1 aromatic carbocycles. The van der Waals surface area contributed by atoms with Crippen LogP contribution in [0.5, 0.6) is 0 Å². The summed E-state index contributed by atoms with van der Waals surface area (Å²) in [6.45, 7) is 1.80. The highest BCUT2D eigenvalue weighted by atomic mass is 16.2. The molecular weight excluding hydrogens is 242 g/mol. The lowest BCUT2D eigenvalue weighted by molar-refractivity contribution is 0.0925. The molecule has 2 N–H and O–H groups in total. The fraction of sp³-hybridized carbons (Fsp3) is 0.0714. The zero-order chi connectivity index (χ0) is 13.6. The molecule has 3 rings (SSSR count). The van der Waals surface area contributed by atoms with Crippen LogP contribution >= 0.6 is 0 Å². The van der Waals surface area contributed by atoms with E-state index in [2.05, 4.69) is 4.98 Å². The Balaban J connectivity index is 2.17. The number of carbonyl (C=O) groups excluding carboxylic acids is 2. The Hall–Kier alpha value is -2.69. The molecule has 0 spiro atoms. The number of amides is 2. The average Bonchev–Trinajstić information content (AvgIpc) is 2.67. The second-order valence-corrected chi connectivity index (χ2v) is 4.36. The second kappa shape index (κ2) is 3.91. The van der Waals surface area contributed by atoms with Gasteiger partial charge >= 0.3 is 0 Å². The number of fused-ring (bicyclic) bond motifs is 1. The standard InChI is InChI=1S/C14H11N3O2/c1-8-6-7-16-12(11(8)15)17-13(18)9-4-2-3-5-10(9)14(17)19/h2-7H,15H2,1H3. The quantitative estimate of drug-likeness (QED) is 0.786. The maximum Gasteiger partial charge on any atom is 0.267 e. The second-order valence-electron chi connectivity index (χ2n) is 4.36. The zero-order valence-corrected chi connectivity index (χ0v) is 10.3. The first-order chi connectivity index (χ1) is 9.11. The summed E-state index contributed by atoms with van der Waals surface area (Å²) in [6, 6.07) is 8.43. The van der Waals surface area contributed by atoms with Crippen molar-refractivity contribution in [1.82, 2.24) is 4.98 Å². The lowest BCUT2D eigenvalue weighted by Crippen LogP contribution is -2.31. The first kappa shape index (κ1) is 11.4. The van der Waals surface area contributed by atoms with Gasteiger partial charge in [0.25, 0.3) is 11.8 Å². The van der Waals surface area contributed by atoms with Crippen LogP contribution in [0.1, 0.15) is 26.3 Å². The van der Waals surface area contributed by atoms with Crippen LogP contribution in [0.15, 0.2) is 36.5 Å². The molecule has 5 nitrogen and oxygen atoms in total. The van der Waals surface area contributed by atoms with Crippen molar-refractivity contribution in [3.63, 3.8) is 0 Å². The van der Waals surface area contributed by atoms with E-state index in [1.165, 1.54) is 6.20 Å². The van der Waals surface area contributed by atoms with Crippen LogP contribution in [0.25, 0.3) is 0 Å². The minimum atomic E-state index is -0.384. The Morgan fingerprint density at radius 2 is 1.63 bits per heavy atom. The fourth-order valence-corrected chi connectivity index (χ4v) is 2.12. The monoisotopic (exact) mass is 253 g/mol. The fourth-order valence-electron chi connectivity index (χ4n) is 2.12.